The fourth-order valence-corrected chi connectivity index (χ4v) is 4.37. The topological polar surface area (TPSA) is 152 Å². The van der Waals surface area contributed by atoms with Crippen molar-refractivity contribution in [3.63, 3.8) is 0 Å². The first-order chi connectivity index (χ1) is 20.5. The fraction of sp³-hybridized carbons (Fsp3) is 0.250. The number of ether oxygens (including phenoxy) is 2. The number of nitro groups is 1. The predicted octanol–water partition coefficient (Wildman–Crippen LogP) is 4.58. The van der Waals surface area contributed by atoms with Crippen molar-refractivity contribution in [3.8, 4) is 0 Å². The van der Waals surface area contributed by atoms with Crippen LogP contribution in [0.5, 0.6) is 0 Å². The van der Waals surface area contributed by atoms with E-state index in [4.69, 9.17) is 9.47 Å². The van der Waals surface area contributed by atoms with Crippen molar-refractivity contribution in [1.82, 2.24) is 0 Å². The summed E-state index contributed by atoms with van der Waals surface area (Å²) < 4.78 is 49.3. The van der Waals surface area contributed by atoms with E-state index in [0.29, 0.717) is 37.6 Å². The lowest BCUT2D eigenvalue weighted by atomic mass is 10.1. The van der Waals surface area contributed by atoms with Gasteiger partial charge in [-0.15, -0.1) is 0 Å². The number of carbonyl (C=O) groups excluding carboxylic acids is 3. The Labute approximate surface area is 242 Å². The van der Waals surface area contributed by atoms with E-state index in [9.17, 15) is 37.7 Å². The number of hydrogen-bond acceptors (Lipinski definition) is 8. The maximum atomic E-state index is 13.2. The number of anilines is 4. The number of halogens is 3. The summed E-state index contributed by atoms with van der Waals surface area (Å²) in [5.41, 5.74) is -0.341. The number of methoxy groups -OCH3 is 1. The van der Waals surface area contributed by atoms with Crippen LogP contribution in [0.2, 0.25) is 0 Å². The number of morpholine rings is 1. The summed E-state index contributed by atoms with van der Waals surface area (Å²) in [4.78, 5) is 50.4. The van der Waals surface area contributed by atoms with Gasteiger partial charge in [-0.1, -0.05) is 18.2 Å². The van der Waals surface area contributed by atoms with Crippen LogP contribution >= 0.6 is 0 Å². The van der Waals surface area contributed by atoms with Gasteiger partial charge in [-0.25, -0.2) is 0 Å². The Morgan fingerprint density at radius 2 is 1.65 bits per heavy atom. The van der Waals surface area contributed by atoms with E-state index < -0.39 is 45.8 Å². The van der Waals surface area contributed by atoms with Crippen LogP contribution in [0.4, 0.5) is 41.6 Å². The number of carbonyl (C=O) groups is 3. The lowest BCUT2D eigenvalue weighted by Crippen LogP contribution is -2.36. The number of amides is 3. The third kappa shape index (κ3) is 7.44. The predicted molar refractivity (Wildman–Crippen MR) is 150 cm³/mol. The van der Waals surface area contributed by atoms with Gasteiger partial charge in [0.1, 0.15) is 5.69 Å². The lowest BCUT2D eigenvalue weighted by Gasteiger charge is -2.30. The van der Waals surface area contributed by atoms with E-state index in [-0.39, 0.29) is 17.9 Å². The summed E-state index contributed by atoms with van der Waals surface area (Å²) in [7, 11) is 1.38. The van der Waals surface area contributed by atoms with E-state index in [1.165, 1.54) is 30.6 Å². The standard InChI is InChI=1S/C28H26F3N5O7/c1-42-16-18-15-17(25(37)33-21-6-2-3-7-22(21)35-11-13-43-14-12-35)9-10-20(18)32-26(38)19-5-4-8-23(36(40)41)24(19)34-27(39)28(29,30)31/h2-10,15H,11-14,16H2,1H3,(H,32,38)(H,33,37)(H,34,39). The summed E-state index contributed by atoms with van der Waals surface area (Å²) in [5, 5.41) is 18.2. The molecule has 0 atom stereocenters. The third-order valence-corrected chi connectivity index (χ3v) is 6.40. The molecule has 0 spiro atoms. The van der Waals surface area contributed by atoms with Gasteiger partial charge in [0.05, 0.1) is 41.7 Å². The maximum Gasteiger partial charge on any atom is 0.471 e. The van der Waals surface area contributed by atoms with Crippen LogP contribution in [0, 0.1) is 10.1 Å². The number of hydrogen-bond donors (Lipinski definition) is 3. The van der Waals surface area contributed by atoms with E-state index in [1.54, 1.807) is 12.1 Å². The van der Waals surface area contributed by atoms with Gasteiger partial charge in [-0.2, -0.15) is 13.2 Å². The molecule has 226 valence electrons. The molecule has 43 heavy (non-hydrogen) atoms. The summed E-state index contributed by atoms with van der Waals surface area (Å²) >= 11 is 0. The van der Waals surface area contributed by atoms with Gasteiger partial charge in [-0.05, 0) is 36.4 Å². The number of nitro benzene ring substituents is 1. The highest BCUT2D eigenvalue weighted by Crippen LogP contribution is 2.32. The molecule has 1 saturated heterocycles. The van der Waals surface area contributed by atoms with Crippen molar-refractivity contribution in [2.75, 3.05) is 54.3 Å². The van der Waals surface area contributed by atoms with Gasteiger partial charge in [-0.3, -0.25) is 24.5 Å². The van der Waals surface area contributed by atoms with Crippen molar-refractivity contribution in [2.45, 2.75) is 12.8 Å². The van der Waals surface area contributed by atoms with E-state index in [1.807, 2.05) is 12.1 Å². The molecule has 3 N–H and O–H groups in total. The van der Waals surface area contributed by atoms with Gasteiger partial charge in [0, 0.05) is 43.1 Å². The number of rotatable bonds is 9. The molecule has 0 aromatic heterocycles. The molecular formula is C28H26F3N5O7. The Balaban J connectivity index is 1.59. The monoisotopic (exact) mass is 601 g/mol. The van der Waals surface area contributed by atoms with E-state index in [2.05, 4.69) is 15.5 Å². The SMILES string of the molecule is COCc1cc(C(=O)Nc2ccccc2N2CCOCC2)ccc1NC(=O)c1cccc([N+](=O)[O-])c1NC(=O)C(F)(F)F. The molecule has 12 nitrogen and oxygen atoms in total. The number of benzene rings is 3. The third-order valence-electron chi connectivity index (χ3n) is 6.40. The second kappa shape index (κ2) is 13.3. The molecule has 15 heteroatoms. The zero-order valence-corrected chi connectivity index (χ0v) is 22.7. The normalized spacial score (nSPS) is 13.3. The summed E-state index contributed by atoms with van der Waals surface area (Å²) in [5.74, 6) is -3.98. The first kappa shape index (κ1) is 30.9. The van der Waals surface area contributed by atoms with Crippen molar-refractivity contribution in [3.05, 3.63) is 87.5 Å². The zero-order chi connectivity index (χ0) is 31.1. The summed E-state index contributed by atoms with van der Waals surface area (Å²) in [6.45, 7) is 2.36. The Morgan fingerprint density at radius 1 is 0.953 bits per heavy atom. The van der Waals surface area contributed by atoms with Crippen LogP contribution in [0.1, 0.15) is 26.3 Å². The van der Waals surface area contributed by atoms with Crippen molar-refractivity contribution >= 4 is 46.2 Å². The van der Waals surface area contributed by atoms with Gasteiger partial charge < -0.3 is 30.3 Å². The van der Waals surface area contributed by atoms with Gasteiger partial charge >= 0.3 is 12.1 Å². The summed E-state index contributed by atoms with van der Waals surface area (Å²) in [6, 6.07) is 14.5. The molecule has 1 aliphatic rings. The quantitative estimate of drug-likeness (QED) is 0.238. The van der Waals surface area contributed by atoms with E-state index >= 15 is 0 Å². The van der Waals surface area contributed by atoms with Crippen molar-refractivity contribution < 1.29 is 42.0 Å². The van der Waals surface area contributed by atoms with Crippen LogP contribution < -0.4 is 20.9 Å². The summed E-state index contributed by atoms with van der Waals surface area (Å²) in [6.07, 6.45) is -5.36. The van der Waals surface area contributed by atoms with Crippen molar-refractivity contribution in [1.29, 1.82) is 0 Å². The molecule has 1 fully saturated rings. The second-order valence-corrected chi connectivity index (χ2v) is 9.24. The molecular weight excluding hydrogens is 575 g/mol. The highest BCUT2D eigenvalue weighted by Gasteiger charge is 2.40. The molecule has 1 aliphatic heterocycles. The molecule has 0 radical (unpaired) electrons. The first-order valence-electron chi connectivity index (χ1n) is 12.8. The molecule has 0 aliphatic carbocycles. The highest BCUT2D eigenvalue weighted by atomic mass is 19.4. The molecule has 3 amide bonds. The number of nitrogens with one attached hydrogen (secondary N) is 3. The fourth-order valence-electron chi connectivity index (χ4n) is 4.37. The minimum absolute atomic E-state index is 0.0757. The minimum atomic E-state index is -5.36. The zero-order valence-electron chi connectivity index (χ0n) is 22.7. The Morgan fingerprint density at radius 3 is 2.33 bits per heavy atom. The molecule has 0 bridgehead atoms. The molecule has 0 unspecified atom stereocenters. The first-order valence-corrected chi connectivity index (χ1v) is 12.8. The van der Waals surface area contributed by atoms with Crippen molar-refractivity contribution in [2.24, 2.45) is 0 Å². The highest BCUT2D eigenvalue weighted by molar-refractivity contribution is 6.13. The second-order valence-electron chi connectivity index (χ2n) is 9.24. The number of para-hydroxylation sites is 3. The number of alkyl halides is 3. The largest absolute Gasteiger partial charge is 0.471 e. The smallest absolute Gasteiger partial charge is 0.380 e. The Kier molecular flexibility index (Phi) is 9.57. The van der Waals surface area contributed by atoms with Crippen LogP contribution in [-0.4, -0.2) is 62.2 Å². The van der Waals surface area contributed by atoms with E-state index in [0.717, 1.165) is 23.9 Å². The lowest BCUT2D eigenvalue weighted by molar-refractivity contribution is -0.384. The van der Waals surface area contributed by atoms with Gasteiger partial charge in [0.25, 0.3) is 17.5 Å². The molecule has 3 aromatic carbocycles. The molecule has 4 rings (SSSR count). The van der Waals surface area contributed by atoms with Gasteiger partial charge in [0.2, 0.25) is 0 Å². The van der Waals surface area contributed by atoms with Crippen LogP contribution in [0.3, 0.4) is 0 Å². The van der Waals surface area contributed by atoms with Crippen LogP contribution in [0.25, 0.3) is 0 Å². The van der Waals surface area contributed by atoms with Crippen LogP contribution in [0.15, 0.2) is 60.7 Å². The number of nitrogens with zero attached hydrogens (tertiary/aromatic N) is 2. The maximum absolute atomic E-state index is 13.2. The molecule has 1 heterocycles. The minimum Gasteiger partial charge on any atom is -0.380 e. The molecule has 0 saturated carbocycles. The average Bonchev–Trinajstić information content (AvgIpc) is 2.98. The van der Waals surface area contributed by atoms with Crippen LogP contribution in [-0.2, 0) is 20.9 Å². The average molecular weight is 602 g/mol. The Hall–Kier alpha value is -5.02. The molecule has 3 aromatic rings. The Bertz CT molecular complexity index is 1540. The van der Waals surface area contributed by atoms with Gasteiger partial charge in [0.15, 0.2) is 0 Å².